The SMILES string of the molecule is O=C(O)C1Cc2ccccc2C1F. The van der Waals surface area contributed by atoms with Crippen molar-refractivity contribution in [2.24, 2.45) is 5.92 Å². The molecule has 0 heterocycles. The van der Waals surface area contributed by atoms with E-state index in [2.05, 4.69) is 0 Å². The maximum absolute atomic E-state index is 13.5. The molecule has 0 saturated carbocycles. The highest BCUT2D eigenvalue weighted by Gasteiger charge is 2.37. The molecule has 0 radical (unpaired) electrons. The minimum atomic E-state index is -1.34. The van der Waals surface area contributed by atoms with Crippen LogP contribution in [-0.4, -0.2) is 11.1 Å². The summed E-state index contributed by atoms with van der Waals surface area (Å²) in [5, 5.41) is 8.72. The van der Waals surface area contributed by atoms with Crippen LogP contribution >= 0.6 is 0 Å². The highest BCUT2D eigenvalue weighted by molar-refractivity contribution is 5.73. The van der Waals surface area contributed by atoms with E-state index in [0.29, 0.717) is 12.0 Å². The number of hydrogen-bond donors (Lipinski definition) is 1. The summed E-state index contributed by atoms with van der Waals surface area (Å²) in [5.41, 5.74) is 1.36. The standard InChI is InChI=1S/C10H9FO2/c11-9-7-4-2-1-3-6(7)5-8(9)10(12)13/h1-4,8-9H,5H2,(H,12,13). The number of carbonyl (C=O) groups is 1. The summed E-state index contributed by atoms with van der Waals surface area (Å²) in [6.07, 6.45) is -1.03. The first kappa shape index (κ1) is 8.23. The molecule has 2 atom stereocenters. The van der Waals surface area contributed by atoms with Gasteiger partial charge in [-0.15, -0.1) is 0 Å². The molecular formula is C10H9FO2. The van der Waals surface area contributed by atoms with Crippen LogP contribution in [0.15, 0.2) is 24.3 Å². The lowest BCUT2D eigenvalue weighted by Crippen LogP contribution is -2.15. The number of halogens is 1. The van der Waals surface area contributed by atoms with E-state index >= 15 is 0 Å². The van der Waals surface area contributed by atoms with Crippen LogP contribution in [-0.2, 0) is 11.2 Å². The van der Waals surface area contributed by atoms with Gasteiger partial charge in [-0.05, 0) is 17.5 Å². The van der Waals surface area contributed by atoms with E-state index in [-0.39, 0.29) is 0 Å². The summed E-state index contributed by atoms with van der Waals surface area (Å²) in [6, 6.07) is 6.97. The molecule has 1 aliphatic rings. The van der Waals surface area contributed by atoms with E-state index < -0.39 is 18.1 Å². The number of fused-ring (bicyclic) bond motifs is 1. The second-order valence-corrected chi connectivity index (χ2v) is 3.25. The first-order valence-electron chi connectivity index (χ1n) is 4.15. The quantitative estimate of drug-likeness (QED) is 0.717. The first-order valence-corrected chi connectivity index (χ1v) is 4.15. The maximum Gasteiger partial charge on any atom is 0.310 e. The highest BCUT2D eigenvalue weighted by atomic mass is 19.1. The number of carboxylic acids is 1. The van der Waals surface area contributed by atoms with Crippen LogP contribution in [0.1, 0.15) is 17.3 Å². The van der Waals surface area contributed by atoms with E-state index in [4.69, 9.17) is 5.11 Å². The zero-order valence-corrected chi connectivity index (χ0v) is 6.90. The lowest BCUT2D eigenvalue weighted by atomic mass is 10.1. The Balaban J connectivity index is 2.38. The Morgan fingerprint density at radius 1 is 1.46 bits per heavy atom. The molecule has 0 amide bonds. The van der Waals surface area contributed by atoms with Gasteiger partial charge in [0.2, 0.25) is 0 Å². The Morgan fingerprint density at radius 3 is 2.77 bits per heavy atom. The van der Waals surface area contributed by atoms with Crippen LogP contribution in [0.3, 0.4) is 0 Å². The number of hydrogen-bond acceptors (Lipinski definition) is 1. The third-order valence-corrected chi connectivity index (χ3v) is 2.46. The van der Waals surface area contributed by atoms with Gasteiger partial charge in [0.15, 0.2) is 0 Å². The average Bonchev–Trinajstić information content (AvgIpc) is 2.45. The van der Waals surface area contributed by atoms with Gasteiger partial charge in [0.1, 0.15) is 6.17 Å². The Hall–Kier alpha value is -1.38. The van der Waals surface area contributed by atoms with Crippen molar-refractivity contribution in [2.75, 3.05) is 0 Å². The summed E-state index contributed by atoms with van der Waals surface area (Å²) in [6.45, 7) is 0. The van der Waals surface area contributed by atoms with Gasteiger partial charge in [0, 0.05) is 0 Å². The van der Waals surface area contributed by atoms with Crippen LogP contribution in [0, 0.1) is 5.92 Å². The fraction of sp³-hybridized carbons (Fsp3) is 0.300. The van der Waals surface area contributed by atoms with Crippen LogP contribution in [0.5, 0.6) is 0 Å². The van der Waals surface area contributed by atoms with Crippen LogP contribution in [0.4, 0.5) is 4.39 Å². The zero-order chi connectivity index (χ0) is 9.42. The minimum absolute atomic E-state index is 0.312. The second-order valence-electron chi connectivity index (χ2n) is 3.25. The van der Waals surface area contributed by atoms with Crippen molar-refractivity contribution < 1.29 is 14.3 Å². The van der Waals surface area contributed by atoms with Crippen molar-refractivity contribution in [1.82, 2.24) is 0 Å². The number of aliphatic carboxylic acids is 1. The molecule has 1 aromatic carbocycles. The predicted molar refractivity (Wildman–Crippen MR) is 45.1 cm³/mol. The Kier molecular flexibility index (Phi) is 1.79. The van der Waals surface area contributed by atoms with E-state index in [1.54, 1.807) is 24.3 Å². The van der Waals surface area contributed by atoms with E-state index in [1.165, 1.54) is 0 Å². The monoisotopic (exact) mass is 180 g/mol. The van der Waals surface area contributed by atoms with Gasteiger partial charge in [-0.25, -0.2) is 4.39 Å². The molecule has 0 aliphatic heterocycles. The minimum Gasteiger partial charge on any atom is -0.481 e. The molecule has 2 rings (SSSR count). The lowest BCUT2D eigenvalue weighted by molar-refractivity contribution is -0.143. The van der Waals surface area contributed by atoms with E-state index in [1.807, 2.05) is 0 Å². The molecule has 1 N–H and O–H groups in total. The number of benzene rings is 1. The number of alkyl halides is 1. The third-order valence-electron chi connectivity index (χ3n) is 2.46. The van der Waals surface area contributed by atoms with Crippen molar-refractivity contribution in [2.45, 2.75) is 12.6 Å². The fourth-order valence-electron chi connectivity index (χ4n) is 1.76. The Morgan fingerprint density at radius 2 is 2.15 bits per heavy atom. The molecule has 2 nitrogen and oxygen atoms in total. The highest BCUT2D eigenvalue weighted by Crippen LogP contribution is 2.38. The molecule has 1 aromatic rings. The predicted octanol–water partition coefficient (Wildman–Crippen LogP) is 1.95. The maximum atomic E-state index is 13.5. The van der Waals surface area contributed by atoms with Gasteiger partial charge in [-0.1, -0.05) is 24.3 Å². The summed E-state index contributed by atoms with van der Waals surface area (Å²) >= 11 is 0. The summed E-state index contributed by atoms with van der Waals surface area (Å²) in [4.78, 5) is 10.6. The normalized spacial score (nSPS) is 25.6. The average molecular weight is 180 g/mol. The van der Waals surface area contributed by atoms with Crippen molar-refractivity contribution in [1.29, 1.82) is 0 Å². The van der Waals surface area contributed by atoms with Gasteiger partial charge in [0.25, 0.3) is 0 Å². The zero-order valence-electron chi connectivity index (χ0n) is 6.90. The van der Waals surface area contributed by atoms with Gasteiger partial charge in [-0.2, -0.15) is 0 Å². The second kappa shape index (κ2) is 2.83. The summed E-state index contributed by atoms with van der Waals surface area (Å²) in [7, 11) is 0. The largest absolute Gasteiger partial charge is 0.481 e. The molecular weight excluding hydrogens is 171 g/mol. The molecule has 3 heteroatoms. The molecule has 0 bridgehead atoms. The van der Waals surface area contributed by atoms with Gasteiger partial charge in [-0.3, -0.25) is 4.79 Å². The van der Waals surface area contributed by atoms with Crippen LogP contribution < -0.4 is 0 Å². The molecule has 0 saturated heterocycles. The van der Waals surface area contributed by atoms with Crippen molar-refractivity contribution >= 4 is 5.97 Å². The Bertz CT molecular complexity index is 349. The number of carboxylic acid groups (broad SMARTS) is 1. The topological polar surface area (TPSA) is 37.3 Å². The molecule has 2 unspecified atom stereocenters. The fourth-order valence-corrected chi connectivity index (χ4v) is 1.76. The first-order chi connectivity index (χ1) is 6.20. The van der Waals surface area contributed by atoms with Gasteiger partial charge in [0.05, 0.1) is 5.92 Å². The Labute approximate surface area is 75.0 Å². The molecule has 0 spiro atoms. The van der Waals surface area contributed by atoms with Crippen molar-refractivity contribution in [3.63, 3.8) is 0 Å². The molecule has 0 fully saturated rings. The van der Waals surface area contributed by atoms with E-state index in [9.17, 15) is 9.18 Å². The van der Waals surface area contributed by atoms with Crippen molar-refractivity contribution in [3.05, 3.63) is 35.4 Å². The third kappa shape index (κ3) is 1.20. The molecule has 0 aromatic heterocycles. The van der Waals surface area contributed by atoms with Crippen molar-refractivity contribution in [3.8, 4) is 0 Å². The van der Waals surface area contributed by atoms with E-state index in [0.717, 1.165) is 5.56 Å². The molecule has 1 aliphatic carbocycles. The van der Waals surface area contributed by atoms with Crippen LogP contribution in [0.25, 0.3) is 0 Å². The lowest BCUT2D eigenvalue weighted by Gasteiger charge is -2.05. The number of rotatable bonds is 1. The summed E-state index contributed by atoms with van der Waals surface area (Å²) in [5.74, 6) is -1.94. The molecule has 68 valence electrons. The smallest absolute Gasteiger partial charge is 0.310 e. The molecule has 13 heavy (non-hydrogen) atoms. The van der Waals surface area contributed by atoms with Crippen LogP contribution in [0.2, 0.25) is 0 Å². The summed E-state index contributed by atoms with van der Waals surface area (Å²) < 4.78 is 13.5. The van der Waals surface area contributed by atoms with Gasteiger partial charge < -0.3 is 5.11 Å². The van der Waals surface area contributed by atoms with Gasteiger partial charge >= 0.3 is 5.97 Å².